The number of carbonyl (C=O) groups excluding carboxylic acids is 1. The molecule has 3 nitrogen and oxygen atoms in total. The minimum Gasteiger partial charge on any atom is -0.393 e. The van der Waals surface area contributed by atoms with E-state index < -0.39 is 0 Å². The van der Waals surface area contributed by atoms with Gasteiger partial charge in [-0.05, 0) is 25.2 Å². The number of nitrogens with one attached hydrogen (secondary N) is 1. The number of aliphatic hydroxyl groups is 1. The third kappa shape index (κ3) is 4.00. The molecule has 13 heavy (non-hydrogen) atoms. The average molecular weight is 203 g/mol. The fourth-order valence-electron chi connectivity index (χ4n) is 1.76. The number of aliphatic hydroxyl groups excluding tert-OH is 1. The van der Waals surface area contributed by atoms with E-state index in [1.807, 2.05) is 0 Å². The van der Waals surface area contributed by atoms with Gasteiger partial charge in [-0.1, -0.05) is 6.42 Å². The third-order valence-corrected chi connectivity index (χ3v) is 2.77. The molecule has 1 rings (SSSR count). The molecule has 1 saturated carbocycles. The van der Waals surface area contributed by atoms with E-state index in [4.69, 9.17) is 0 Å². The number of hydrogen-bond donors (Lipinski definition) is 3. The molecule has 0 aromatic heterocycles. The van der Waals surface area contributed by atoms with E-state index in [0.717, 1.165) is 25.7 Å². The molecule has 0 bridgehead atoms. The molecule has 0 saturated heterocycles. The monoisotopic (exact) mass is 203 g/mol. The van der Waals surface area contributed by atoms with Crippen LogP contribution >= 0.6 is 12.6 Å². The Kier molecular flexibility index (Phi) is 4.59. The summed E-state index contributed by atoms with van der Waals surface area (Å²) in [4.78, 5) is 10.9. The van der Waals surface area contributed by atoms with E-state index in [2.05, 4.69) is 17.9 Å². The maximum absolute atomic E-state index is 10.9. The first-order chi connectivity index (χ1) is 6.22. The van der Waals surface area contributed by atoms with Crippen LogP contribution in [0.1, 0.15) is 25.7 Å². The van der Waals surface area contributed by atoms with Gasteiger partial charge in [-0.3, -0.25) is 4.79 Å². The van der Waals surface area contributed by atoms with Crippen molar-refractivity contribution in [3.8, 4) is 0 Å². The molecule has 2 unspecified atom stereocenters. The molecule has 1 aliphatic rings. The summed E-state index contributed by atoms with van der Waals surface area (Å²) in [6.45, 7) is 0.691. The van der Waals surface area contributed by atoms with Gasteiger partial charge in [0.2, 0.25) is 5.91 Å². The van der Waals surface area contributed by atoms with Crippen LogP contribution in [0.15, 0.2) is 0 Å². The highest BCUT2D eigenvalue weighted by Crippen LogP contribution is 2.23. The first-order valence-corrected chi connectivity index (χ1v) is 5.41. The molecule has 4 heteroatoms. The number of carbonyl (C=O) groups is 1. The second-order valence-corrected chi connectivity index (χ2v) is 3.96. The van der Waals surface area contributed by atoms with Crippen LogP contribution < -0.4 is 5.32 Å². The van der Waals surface area contributed by atoms with E-state index in [-0.39, 0.29) is 17.8 Å². The molecule has 0 spiro atoms. The quantitative estimate of drug-likeness (QED) is 0.588. The van der Waals surface area contributed by atoms with Crippen LogP contribution in [0.3, 0.4) is 0 Å². The highest BCUT2D eigenvalue weighted by atomic mass is 32.1. The molecule has 76 valence electrons. The zero-order valence-corrected chi connectivity index (χ0v) is 8.59. The van der Waals surface area contributed by atoms with Crippen molar-refractivity contribution in [2.24, 2.45) is 5.92 Å². The summed E-state index contributed by atoms with van der Waals surface area (Å²) in [6, 6.07) is 0. The number of rotatable bonds is 3. The van der Waals surface area contributed by atoms with Crippen molar-refractivity contribution < 1.29 is 9.90 Å². The molecule has 2 atom stereocenters. The van der Waals surface area contributed by atoms with Gasteiger partial charge in [0.05, 0.1) is 11.9 Å². The second kappa shape index (κ2) is 5.50. The van der Waals surface area contributed by atoms with Gasteiger partial charge in [-0.2, -0.15) is 12.6 Å². The first-order valence-electron chi connectivity index (χ1n) is 4.78. The predicted octanol–water partition coefficient (Wildman–Crippen LogP) is 0.583. The molecule has 0 heterocycles. The first kappa shape index (κ1) is 10.9. The van der Waals surface area contributed by atoms with Crippen LogP contribution in [0.5, 0.6) is 0 Å². The van der Waals surface area contributed by atoms with Crippen molar-refractivity contribution >= 4 is 18.5 Å². The van der Waals surface area contributed by atoms with Gasteiger partial charge in [0.15, 0.2) is 0 Å². The molecule has 1 fully saturated rings. The molecule has 1 aliphatic carbocycles. The zero-order chi connectivity index (χ0) is 9.68. The Bertz CT molecular complexity index is 175. The van der Waals surface area contributed by atoms with Crippen molar-refractivity contribution in [1.29, 1.82) is 0 Å². The van der Waals surface area contributed by atoms with Crippen molar-refractivity contribution in [2.45, 2.75) is 31.8 Å². The summed E-state index contributed by atoms with van der Waals surface area (Å²) in [5.74, 6) is 0.672. The standard InChI is InChI=1S/C9H17NO2S/c11-8-3-1-2-7(4-8)5-10-9(12)6-13/h7-8,11,13H,1-6H2,(H,10,12). The summed E-state index contributed by atoms with van der Waals surface area (Å²) in [5, 5.41) is 12.2. The van der Waals surface area contributed by atoms with Crippen molar-refractivity contribution in [3.63, 3.8) is 0 Å². The highest BCUT2D eigenvalue weighted by Gasteiger charge is 2.19. The summed E-state index contributed by atoms with van der Waals surface area (Å²) >= 11 is 3.87. The second-order valence-electron chi connectivity index (χ2n) is 3.65. The maximum Gasteiger partial charge on any atom is 0.229 e. The van der Waals surface area contributed by atoms with Gasteiger partial charge in [0.25, 0.3) is 0 Å². The fourth-order valence-corrected chi connectivity index (χ4v) is 1.87. The van der Waals surface area contributed by atoms with E-state index >= 15 is 0 Å². The molecular weight excluding hydrogens is 186 g/mol. The Hall–Kier alpha value is -0.220. The fraction of sp³-hybridized carbons (Fsp3) is 0.889. The van der Waals surface area contributed by atoms with Gasteiger partial charge < -0.3 is 10.4 Å². The minimum atomic E-state index is -0.161. The largest absolute Gasteiger partial charge is 0.393 e. The molecule has 0 aliphatic heterocycles. The van der Waals surface area contributed by atoms with Gasteiger partial charge in [0, 0.05) is 6.54 Å². The van der Waals surface area contributed by atoms with Crippen LogP contribution in [0, 0.1) is 5.92 Å². The average Bonchev–Trinajstić information content (AvgIpc) is 2.14. The Morgan fingerprint density at radius 1 is 1.54 bits per heavy atom. The lowest BCUT2D eigenvalue weighted by Crippen LogP contribution is -2.33. The van der Waals surface area contributed by atoms with Crippen LogP contribution in [-0.2, 0) is 4.79 Å². The minimum absolute atomic E-state index is 0.0246. The molecule has 0 aromatic carbocycles. The molecular formula is C9H17NO2S. The van der Waals surface area contributed by atoms with Crippen LogP contribution in [0.25, 0.3) is 0 Å². The van der Waals surface area contributed by atoms with Crippen LogP contribution in [0.2, 0.25) is 0 Å². The summed E-state index contributed by atoms with van der Waals surface area (Å²) in [7, 11) is 0. The summed E-state index contributed by atoms with van der Waals surface area (Å²) in [6.07, 6.45) is 3.77. The van der Waals surface area contributed by atoms with Crippen molar-refractivity contribution in [3.05, 3.63) is 0 Å². The van der Waals surface area contributed by atoms with Gasteiger partial charge in [0.1, 0.15) is 0 Å². The number of thiol groups is 1. The third-order valence-electron chi connectivity index (χ3n) is 2.49. The lowest BCUT2D eigenvalue weighted by molar-refractivity contribution is -0.118. The Balaban J connectivity index is 2.17. The Morgan fingerprint density at radius 2 is 2.31 bits per heavy atom. The van der Waals surface area contributed by atoms with E-state index in [1.54, 1.807) is 0 Å². The van der Waals surface area contributed by atoms with Crippen LogP contribution in [-0.4, -0.2) is 29.4 Å². The van der Waals surface area contributed by atoms with Gasteiger partial charge in [-0.15, -0.1) is 0 Å². The Morgan fingerprint density at radius 3 is 2.92 bits per heavy atom. The molecule has 0 aromatic rings. The van der Waals surface area contributed by atoms with Gasteiger partial charge >= 0.3 is 0 Å². The number of amides is 1. The summed E-state index contributed by atoms with van der Waals surface area (Å²) < 4.78 is 0. The SMILES string of the molecule is O=C(CS)NCC1CCCC(O)C1. The van der Waals surface area contributed by atoms with E-state index in [9.17, 15) is 9.90 Å². The smallest absolute Gasteiger partial charge is 0.229 e. The molecule has 1 amide bonds. The molecule has 2 N–H and O–H groups in total. The van der Waals surface area contributed by atoms with E-state index in [0.29, 0.717) is 12.5 Å². The maximum atomic E-state index is 10.9. The lowest BCUT2D eigenvalue weighted by Gasteiger charge is -2.25. The highest BCUT2D eigenvalue weighted by molar-refractivity contribution is 7.81. The van der Waals surface area contributed by atoms with Crippen molar-refractivity contribution in [1.82, 2.24) is 5.32 Å². The number of hydrogen-bond acceptors (Lipinski definition) is 3. The van der Waals surface area contributed by atoms with Gasteiger partial charge in [-0.25, -0.2) is 0 Å². The molecule has 0 radical (unpaired) electrons. The zero-order valence-electron chi connectivity index (χ0n) is 7.70. The van der Waals surface area contributed by atoms with Crippen molar-refractivity contribution in [2.75, 3.05) is 12.3 Å². The van der Waals surface area contributed by atoms with Crippen LogP contribution in [0.4, 0.5) is 0 Å². The predicted molar refractivity (Wildman–Crippen MR) is 54.8 cm³/mol. The van der Waals surface area contributed by atoms with E-state index in [1.165, 1.54) is 0 Å². The Labute approximate surface area is 84.3 Å². The normalized spacial score (nSPS) is 28.5. The topological polar surface area (TPSA) is 49.3 Å². The lowest BCUT2D eigenvalue weighted by atomic mass is 9.87. The summed E-state index contributed by atoms with van der Waals surface area (Å²) in [5.41, 5.74) is 0.